The third kappa shape index (κ3) is 18.3. The van der Waals surface area contributed by atoms with Crippen LogP contribution in [-0.4, -0.2) is 17.1 Å². The lowest BCUT2D eigenvalue weighted by atomic mass is 10.0. The van der Waals surface area contributed by atoms with Crippen LogP contribution in [-0.2, 0) is 4.79 Å². The van der Waals surface area contributed by atoms with Gasteiger partial charge in [0.15, 0.2) is 0 Å². The van der Waals surface area contributed by atoms with Crippen molar-refractivity contribution in [3.05, 3.63) is 48.0 Å². The van der Waals surface area contributed by atoms with Gasteiger partial charge in [-0.15, -0.1) is 0 Å². The first-order valence-corrected chi connectivity index (χ1v) is 14.8. The lowest BCUT2D eigenvalue weighted by molar-refractivity contribution is -0.130. The molecule has 1 aromatic carbocycles. The highest BCUT2D eigenvalue weighted by atomic mass is 16.3. The molecule has 35 heavy (non-hydrogen) atoms. The number of carbonyl (C=O) groups is 1. The normalized spacial score (nSPS) is 13.2. The summed E-state index contributed by atoms with van der Waals surface area (Å²) in [6, 6.07) is 9.80. The van der Waals surface area contributed by atoms with Crippen LogP contribution in [0.4, 0.5) is 0 Å². The Morgan fingerprint density at radius 3 is 1.71 bits per heavy atom. The van der Waals surface area contributed by atoms with Crippen LogP contribution >= 0.6 is 0 Å². The lowest BCUT2D eigenvalue weighted by Gasteiger charge is -2.17. The molecule has 0 aliphatic carbocycles. The van der Waals surface area contributed by atoms with Gasteiger partial charge in [-0.05, 0) is 44.6 Å². The summed E-state index contributed by atoms with van der Waals surface area (Å²) in [5.74, 6) is -0.255. The predicted molar refractivity (Wildman–Crippen MR) is 152 cm³/mol. The largest absolute Gasteiger partial charge is 0.383 e. The topological polar surface area (TPSA) is 49.3 Å². The molecule has 1 rings (SSSR count). The third-order valence-electron chi connectivity index (χ3n) is 6.95. The van der Waals surface area contributed by atoms with Gasteiger partial charge in [0.05, 0.1) is 6.04 Å². The van der Waals surface area contributed by atoms with Crippen LogP contribution in [0.1, 0.15) is 147 Å². The van der Waals surface area contributed by atoms with Crippen LogP contribution in [0.25, 0.3) is 0 Å². The van der Waals surface area contributed by atoms with Crippen LogP contribution in [0.15, 0.2) is 42.5 Å². The molecule has 0 unspecified atom stereocenters. The average Bonchev–Trinajstić information content (AvgIpc) is 2.87. The van der Waals surface area contributed by atoms with Gasteiger partial charge < -0.3 is 10.4 Å². The minimum absolute atomic E-state index is 0.0790. The van der Waals surface area contributed by atoms with E-state index >= 15 is 0 Å². The maximum Gasteiger partial charge on any atom is 0.249 e. The summed E-state index contributed by atoms with van der Waals surface area (Å²) in [5, 5.41) is 13.1. The second-order valence-electron chi connectivity index (χ2n) is 10.3. The van der Waals surface area contributed by atoms with Gasteiger partial charge in [0.2, 0.25) is 5.91 Å². The van der Waals surface area contributed by atoms with Gasteiger partial charge in [-0.3, -0.25) is 4.79 Å². The van der Waals surface area contributed by atoms with Crippen LogP contribution < -0.4 is 5.32 Å². The molecule has 200 valence electrons. The molecule has 3 nitrogen and oxygen atoms in total. The second kappa shape index (κ2) is 22.8. The van der Waals surface area contributed by atoms with Gasteiger partial charge >= 0.3 is 0 Å². The molecule has 0 aliphatic rings. The molecule has 0 bridgehead atoms. The van der Waals surface area contributed by atoms with Crippen LogP contribution in [0, 0.1) is 0 Å². The molecule has 3 heteroatoms. The van der Waals surface area contributed by atoms with Crippen LogP contribution in [0.3, 0.4) is 0 Å². The molecule has 2 atom stereocenters. The molecular formula is C32H55NO2. The van der Waals surface area contributed by atoms with Gasteiger partial charge in [-0.1, -0.05) is 139 Å². The number of amides is 1. The highest BCUT2D eigenvalue weighted by molar-refractivity contribution is 5.80. The van der Waals surface area contributed by atoms with E-state index in [1.165, 1.54) is 103 Å². The molecule has 0 spiro atoms. The Balaban J connectivity index is 1.84. The first-order valence-electron chi connectivity index (χ1n) is 14.8. The van der Waals surface area contributed by atoms with E-state index in [0.29, 0.717) is 6.42 Å². The minimum atomic E-state index is -0.897. The molecule has 1 aromatic rings. The number of allylic oxidation sites excluding steroid dienone is 2. The Morgan fingerprint density at radius 1 is 0.743 bits per heavy atom. The Kier molecular flexibility index (Phi) is 20.5. The molecule has 0 heterocycles. The number of nitrogens with one attached hydrogen (secondary N) is 1. The zero-order valence-electron chi connectivity index (χ0n) is 23.0. The van der Waals surface area contributed by atoms with E-state index in [1.807, 2.05) is 37.3 Å². The van der Waals surface area contributed by atoms with Gasteiger partial charge in [-0.25, -0.2) is 0 Å². The zero-order valence-corrected chi connectivity index (χ0v) is 23.0. The van der Waals surface area contributed by atoms with Crippen molar-refractivity contribution < 1.29 is 9.90 Å². The van der Waals surface area contributed by atoms with Crippen molar-refractivity contribution in [1.82, 2.24) is 5.32 Å². The molecule has 0 saturated carbocycles. The lowest BCUT2D eigenvalue weighted by Crippen LogP contribution is -2.36. The van der Waals surface area contributed by atoms with Gasteiger partial charge in [0.25, 0.3) is 0 Å². The summed E-state index contributed by atoms with van der Waals surface area (Å²) < 4.78 is 0. The molecule has 0 aliphatic heterocycles. The molecule has 0 saturated heterocycles. The van der Waals surface area contributed by atoms with Gasteiger partial charge in [-0.2, -0.15) is 0 Å². The molecule has 2 N–H and O–H groups in total. The van der Waals surface area contributed by atoms with Crippen molar-refractivity contribution in [3.63, 3.8) is 0 Å². The number of carbonyl (C=O) groups excluding carboxylic acids is 1. The number of benzene rings is 1. The van der Waals surface area contributed by atoms with Crippen molar-refractivity contribution in [3.8, 4) is 0 Å². The Bertz CT molecular complexity index is 628. The van der Waals surface area contributed by atoms with E-state index in [-0.39, 0.29) is 11.9 Å². The smallest absolute Gasteiger partial charge is 0.249 e. The fourth-order valence-corrected chi connectivity index (χ4v) is 4.56. The number of rotatable bonds is 23. The van der Waals surface area contributed by atoms with E-state index in [2.05, 4.69) is 24.4 Å². The molecule has 1 amide bonds. The summed E-state index contributed by atoms with van der Waals surface area (Å²) in [7, 11) is 0. The summed E-state index contributed by atoms with van der Waals surface area (Å²) in [6.45, 7) is 4.23. The van der Waals surface area contributed by atoms with E-state index in [9.17, 15) is 9.90 Å². The summed E-state index contributed by atoms with van der Waals surface area (Å²) in [6.07, 6.45) is 27.9. The number of unbranched alkanes of at least 4 members (excludes halogenated alkanes) is 16. The quantitative estimate of drug-likeness (QED) is 0.120. The Hall–Kier alpha value is -1.61. The van der Waals surface area contributed by atoms with Crippen molar-refractivity contribution in [2.75, 3.05) is 0 Å². The molecular weight excluding hydrogens is 430 g/mol. The van der Waals surface area contributed by atoms with Crippen molar-refractivity contribution in [2.24, 2.45) is 0 Å². The van der Waals surface area contributed by atoms with E-state index < -0.39 is 6.10 Å². The van der Waals surface area contributed by atoms with Crippen molar-refractivity contribution >= 4 is 5.91 Å². The van der Waals surface area contributed by atoms with Crippen LogP contribution in [0.5, 0.6) is 0 Å². The molecule has 0 aromatic heterocycles. The monoisotopic (exact) mass is 485 g/mol. The Labute approximate surface area is 217 Å². The van der Waals surface area contributed by atoms with Gasteiger partial charge in [0, 0.05) is 0 Å². The zero-order chi connectivity index (χ0) is 25.4. The second-order valence-corrected chi connectivity index (χ2v) is 10.3. The average molecular weight is 486 g/mol. The SMILES string of the molecule is CCCCCCCC/C=C\CCCCCCCCCCCC[C@@H](O)C(=O)N[C@@H](C)c1ccccc1. The first-order chi connectivity index (χ1) is 17.1. The van der Waals surface area contributed by atoms with E-state index in [0.717, 1.165) is 18.4 Å². The van der Waals surface area contributed by atoms with E-state index in [4.69, 9.17) is 0 Å². The molecule has 0 fully saturated rings. The minimum Gasteiger partial charge on any atom is -0.383 e. The molecule has 0 radical (unpaired) electrons. The number of aliphatic hydroxyl groups excluding tert-OH is 1. The first kappa shape index (κ1) is 31.4. The number of hydrogen-bond donors (Lipinski definition) is 2. The maximum atomic E-state index is 12.2. The van der Waals surface area contributed by atoms with Crippen molar-refractivity contribution in [1.29, 1.82) is 0 Å². The summed E-state index contributed by atoms with van der Waals surface area (Å²) in [4.78, 5) is 12.2. The fraction of sp³-hybridized carbons (Fsp3) is 0.719. The third-order valence-corrected chi connectivity index (χ3v) is 6.95. The number of aliphatic hydroxyl groups is 1. The van der Waals surface area contributed by atoms with Crippen LogP contribution in [0.2, 0.25) is 0 Å². The highest BCUT2D eigenvalue weighted by Crippen LogP contribution is 2.15. The number of hydrogen-bond acceptors (Lipinski definition) is 2. The van der Waals surface area contributed by atoms with Crippen molar-refractivity contribution in [2.45, 2.75) is 148 Å². The fourth-order valence-electron chi connectivity index (χ4n) is 4.56. The standard InChI is InChI=1S/C32H55NO2/c1-3-4-5-6-7-8-9-10-11-12-13-14-15-16-17-18-19-20-21-25-28-31(34)32(35)33-29(2)30-26-23-22-24-27-30/h10-11,22-24,26-27,29,31,34H,3-9,12-21,25,28H2,1-2H3,(H,33,35)/b11-10-/t29-,31+/m0/s1. The predicted octanol–water partition coefficient (Wildman–Crippen LogP) is 9.21. The summed E-state index contributed by atoms with van der Waals surface area (Å²) in [5.41, 5.74) is 1.06. The van der Waals surface area contributed by atoms with Gasteiger partial charge in [0.1, 0.15) is 6.10 Å². The summed E-state index contributed by atoms with van der Waals surface area (Å²) >= 11 is 0. The maximum absolute atomic E-state index is 12.2. The van der Waals surface area contributed by atoms with E-state index in [1.54, 1.807) is 0 Å². The Morgan fingerprint density at radius 2 is 1.20 bits per heavy atom. The highest BCUT2D eigenvalue weighted by Gasteiger charge is 2.17.